The monoisotopic (exact) mass is 371 g/mol. The summed E-state index contributed by atoms with van der Waals surface area (Å²) in [4.78, 5) is 24.2. The van der Waals surface area contributed by atoms with Crippen LogP contribution in [0.15, 0.2) is 48.0 Å². The molecule has 0 saturated heterocycles. The lowest BCUT2D eigenvalue weighted by molar-refractivity contribution is -0.137. The largest absolute Gasteiger partial charge is 0.481 e. The van der Waals surface area contributed by atoms with Gasteiger partial charge in [-0.2, -0.15) is 5.10 Å². The van der Waals surface area contributed by atoms with Crippen molar-refractivity contribution < 1.29 is 14.7 Å². The zero-order valence-corrected chi connectivity index (χ0v) is 15.1. The predicted molar refractivity (Wildman–Crippen MR) is 101 cm³/mol. The number of carboxylic acids is 1. The number of aromatic nitrogens is 2. The molecule has 1 aromatic carbocycles. The molecule has 2 aromatic heterocycles. The van der Waals surface area contributed by atoms with E-state index >= 15 is 0 Å². The van der Waals surface area contributed by atoms with E-state index in [0.29, 0.717) is 6.54 Å². The van der Waals surface area contributed by atoms with Crippen LogP contribution in [0.2, 0.25) is 0 Å². The maximum Gasteiger partial charge on any atom is 0.304 e. The van der Waals surface area contributed by atoms with Crippen molar-refractivity contribution in [2.24, 2.45) is 0 Å². The highest BCUT2D eigenvalue weighted by atomic mass is 32.1. The molecule has 0 saturated carbocycles. The highest BCUT2D eigenvalue weighted by Gasteiger charge is 2.20. The molecule has 3 aromatic rings. The van der Waals surface area contributed by atoms with Gasteiger partial charge in [-0.3, -0.25) is 14.3 Å². The Hall–Kier alpha value is -2.67. The molecule has 6 nitrogen and oxygen atoms in total. The Kier molecular flexibility index (Phi) is 6.01. The Balaban J connectivity index is 1.46. The van der Waals surface area contributed by atoms with Crippen LogP contribution in [0.1, 0.15) is 30.1 Å². The average Bonchev–Trinajstić information content (AvgIpc) is 3.28. The van der Waals surface area contributed by atoms with Crippen LogP contribution in [0.3, 0.4) is 0 Å². The van der Waals surface area contributed by atoms with Gasteiger partial charge in [-0.15, -0.1) is 11.3 Å². The van der Waals surface area contributed by atoms with E-state index in [1.807, 2.05) is 52.7 Å². The van der Waals surface area contributed by atoms with E-state index in [9.17, 15) is 9.59 Å². The summed E-state index contributed by atoms with van der Waals surface area (Å²) in [6.07, 6.45) is 2.76. The average molecular weight is 371 g/mol. The third kappa shape index (κ3) is 4.70. The molecule has 136 valence electrons. The summed E-state index contributed by atoms with van der Waals surface area (Å²) >= 11 is 1.49. The van der Waals surface area contributed by atoms with Crippen molar-refractivity contribution in [3.63, 3.8) is 0 Å². The highest BCUT2D eigenvalue weighted by molar-refractivity contribution is 7.10. The van der Waals surface area contributed by atoms with Crippen molar-refractivity contribution in [2.75, 3.05) is 6.54 Å². The fourth-order valence-electron chi connectivity index (χ4n) is 2.96. The van der Waals surface area contributed by atoms with Gasteiger partial charge < -0.3 is 10.4 Å². The number of carbonyl (C=O) groups excluding carboxylic acids is 1. The molecule has 0 radical (unpaired) electrons. The molecule has 2 N–H and O–H groups in total. The van der Waals surface area contributed by atoms with Crippen LogP contribution >= 0.6 is 11.3 Å². The van der Waals surface area contributed by atoms with Crippen molar-refractivity contribution in [3.8, 4) is 0 Å². The first-order chi connectivity index (χ1) is 12.6. The number of aryl methyl sites for hydroxylation is 1. The Morgan fingerprint density at radius 2 is 2.04 bits per heavy atom. The van der Waals surface area contributed by atoms with Crippen molar-refractivity contribution in [3.05, 3.63) is 52.9 Å². The Morgan fingerprint density at radius 3 is 2.81 bits per heavy atom. The van der Waals surface area contributed by atoms with Gasteiger partial charge in [-0.05, 0) is 23.9 Å². The van der Waals surface area contributed by atoms with Crippen LogP contribution in [-0.2, 0) is 16.1 Å². The van der Waals surface area contributed by atoms with Gasteiger partial charge in [0.05, 0.1) is 18.1 Å². The lowest BCUT2D eigenvalue weighted by Gasteiger charge is -2.13. The minimum Gasteiger partial charge on any atom is -0.481 e. The summed E-state index contributed by atoms with van der Waals surface area (Å²) < 4.78 is 1.93. The normalized spacial score (nSPS) is 12.2. The molecular weight excluding hydrogens is 350 g/mol. The van der Waals surface area contributed by atoms with E-state index in [0.717, 1.165) is 28.7 Å². The van der Waals surface area contributed by atoms with Crippen molar-refractivity contribution in [2.45, 2.75) is 31.7 Å². The van der Waals surface area contributed by atoms with Crippen molar-refractivity contribution in [1.29, 1.82) is 0 Å². The molecule has 2 heterocycles. The van der Waals surface area contributed by atoms with Gasteiger partial charge in [0.25, 0.3) is 0 Å². The zero-order chi connectivity index (χ0) is 18.4. The number of hydrogen-bond donors (Lipinski definition) is 2. The van der Waals surface area contributed by atoms with Crippen LogP contribution in [0.4, 0.5) is 0 Å². The van der Waals surface area contributed by atoms with E-state index in [4.69, 9.17) is 5.11 Å². The smallest absolute Gasteiger partial charge is 0.304 e. The lowest BCUT2D eigenvalue weighted by atomic mass is 9.99. The fraction of sp³-hybridized carbons (Fsp3) is 0.316. The third-order valence-electron chi connectivity index (χ3n) is 4.22. The number of aliphatic carboxylic acids is 1. The van der Waals surface area contributed by atoms with Gasteiger partial charge in [0.1, 0.15) is 0 Å². The van der Waals surface area contributed by atoms with Gasteiger partial charge in [0.15, 0.2) is 0 Å². The molecule has 0 aliphatic rings. The third-order valence-corrected chi connectivity index (χ3v) is 5.25. The quantitative estimate of drug-likeness (QED) is 0.566. The van der Waals surface area contributed by atoms with Crippen LogP contribution in [-0.4, -0.2) is 33.3 Å². The van der Waals surface area contributed by atoms with Crippen LogP contribution in [0, 0.1) is 0 Å². The summed E-state index contributed by atoms with van der Waals surface area (Å²) in [5.41, 5.74) is 1.08. The molecule has 0 fully saturated rings. The predicted octanol–water partition coefficient (Wildman–Crippen LogP) is 3.25. The number of thiophene rings is 1. The van der Waals surface area contributed by atoms with Crippen molar-refractivity contribution in [1.82, 2.24) is 15.1 Å². The highest BCUT2D eigenvalue weighted by Crippen LogP contribution is 2.27. The minimum atomic E-state index is -0.887. The molecule has 26 heavy (non-hydrogen) atoms. The Morgan fingerprint density at radius 1 is 1.19 bits per heavy atom. The molecule has 3 rings (SSSR count). The Labute approximate surface area is 155 Å². The maximum absolute atomic E-state index is 12.2. The number of fused-ring (bicyclic) bond motifs is 1. The second-order valence-corrected chi connectivity index (χ2v) is 7.12. The zero-order valence-electron chi connectivity index (χ0n) is 14.3. The van der Waals surface area contributed by atoms with Gasteiger partial charge >= 0.3 is 5.97 Å². The molecule has 1 atom stereocenters. The lowest BCUT2D eigenvalue weighted by Crippen LogP contribution is -2.27. The first-order valence-electron chi connectivity index (χ1n) is 8.56. The number of para-hydroxylation sites is 1. The number of carbonyl (C=O) groups is 2. The van der Waals surface area contributed by atoms with Crippen LogP contribution in [0.25, 0.3) is 10.9 Å². The SMILES string of the molecule is O=C(O)CC(CC(=O)NCCCn1ncc2ccccc21)c1cccs1. The summed E-state index contributed by atoms with van der Waals surface area (Å²) in [5.74, 6) is -1.28. The fourth-order valence-corrected chi connectivity index (χ4v) is 3.79. The molecule has 0 spiro atoms. The first kappa shape index (κ1) is 18.1. The number of benzene rings is 1. The molecule has 0 bridgehead atoms. The summed E-state index contributed by atoms with van der Waals surface area (Å²) in [5, 5.41) is 19.3. The second-order valence-electron chi connectivity index (χ2n) is 6.14. The molecule has 1 unspecified atom stereocenters. The van der Waals surface area contributed by atoms with E-state index < -0.39 is 5.97 Å². The van der Waals surface area contributed by atoms with Gasteiger partial charge in [0.2, 0.25) is 5.91 Å². The Bertz CT molecular complexity index is 873. The molecule has 0 aliphatic heterocycles. The van der Waals surface area contributed by atoms with E-state index in [1.165, 1.54) is 11.3 Å². The first-order valence-corrected chi connectivity index (χ1v) is 9.44. The number of carboxylic acid groups (broad SMARTS) is 1. The van der Waals surface area contributed by atoms with Crippen LogP contribution in [0.5, 0.6) is 0 Å². The molecular formula is C19H21N3O3S. The number of nitrogens with one attached hydrogen (secondary N) is 1. The van der Waals surface area contributed by atoms with Crippen LogP contribution < -0.4 is 5.32 Å². The number of amides is 1. The number of hydrogen-bond acceptors (Lipinski definition) is 4. The van der Waals surface area contributed by atoms with E-state index in [-0.39, 0.29) is 24.7 Å². The minimum absolute atomic E-state index is 0.0345. The van der Waals surface area contributed by atoms with Gasteiger partial charge in [-0.1, -0.05) is 24.3 Å². The standard InChI is InChI=1S/C19H21N3O3S/c23-18(11-15(12-19(24)25)17-7-3-10-26-17)20-8-4-9-22-16-6-2-1-5-14(16)13-21-22/h1-3,5-7,10,13,15H,4,8-9,11-12H2,(H,20,23)(H,24,25). The molecule has 7 heteroatoms. The van der Waals surface area contributed by atoms with E-state index in [2.05, 4.69) is 10.4 Å². The number of rotatable bonds is 9. The van der Waals surface area contributed by atoms with Gasteiger partial charge in [0, 0.05) is 35.7 Å². The van der Waals surface area contributed by atoms with Gasteiger partial charge in [-0.25, -0.2) is 0 Å². The summed E-state index contributed by atoms with van der Waals surface area (Å²) in [6, 6.07) is 11.8. The maximum atomic E-state index is 12.2. The van der Waals surface area contributed by atoms with E-state index in [1.54, 1.807) is 0 Å². The van der Waals surface area contributed by atoms with Crippen molar-refractivity contribution >= 4 is 34.1 Å². The number of nitrogens with zero attached hydrogens (tertiary/aromatic N) is 2. The summed E-state index contributed by atoms with van der Waals surface area (Å²) in [6.45, 7) is 1.26. The topological polar surface area (TPSA) is 84.2 Å². The second kappa shape index (κ2) is 8.62. The summed E-state index contributed by atoms with van der Waals surface area (Å²) in [7, 11) is 0. The molecule has 0 aliphatic carbocycles. The molecule has 1 amide bonds.